The van der Waals surface area contributed by atoms with E-state index in [1.807, 2.05) is 12.2 Å². The third-order valence-corrected chi connectivity index (χ3v) is 10.9. The highest BCUT2D eigenvalue weighted by molar-refractivity contribution is 5.71. The second-order valence-electron chi connectivity index (χ2n) is 17.0. The SMILES string of the molecule is CC/C=C\C/C=C\C/C=C\C/C=C\C/C=C\CCC(=O)OC(COC(=O)CCCCCC/C=C\CCCC)COC(=O)CCCCCCCCC/C=C\CCCCCCCCCC. The highest BCUT2D eigenvalue weighted by Crippen LogP contribution is 2.14. The molecule has 0 rings (SSSR count). The summed E-state index contributed by atoms with van der Waals surface area (Å²) in [5, 5.41) is 0. The fraction of sp³-hybridized carbons (Fsp3) is 0.702. The minimum absolute atomic E-state index is 0.112. The molecule has 1 atom stereocenters. The third-order valence-electron chi connectivity index (χ3n) is 10.9. The van der Waals surface area contributed by atoms with Crippen molar-refractivity contribution in [3.05, 3.63) is 85.1 Å². The van der Waals surface area contributed by atoms with Crippen molar-refractivity contribution in [1.29, 1.82) is 0 Å². The quantitative estimate of drug-likeness (QED) is 0.0262. The monoisotopic (exact) mass is 877 g/mol. The molecule has 0 aromatic heterocycles. The van der Waals surface area contributed by atoms with Gasteiger partial charge in [0.25, 0.3) is 0 Å². The van der Waals surface area contributed by atoms with Gasteiger partial charge >= 0.3 is 17.9 Å². The number of carbonyl (C=O) groups is 3. The number of allylic oxidation sites excluding steroid dienone is 14. The number of ether oxygens (including phenoxy) is 3. The van der Waals surface area contributed by atoms with E-state index >= 15 is 0 Å². The summed E-state index contributed by atoms with van der Waals surface area (Å²) in [6, 6.07) is 0. The maximum Gasteiger partial charge on any atom is 0.306 e. The minimum Gasteiger partial charge on any atom is -0.462 e. The third kappa shape index (κ3) is 49.5. The van der Waals surface area contributed by atoms with Gasteiger partial charge < -0.3 is 14.2 Å². The highest BCUT2D eigenvalue weighted by Gasteiger charge is 2.19. The van der Waals surface area contributed by atoms with Crippen molar-refractivity contribution in [1.82, 2.24) is 0 Å². The molecule has 0 N–H and O–H groups in total. The van der Waals surface area contributed by atoms with E-state index in [-0.39, 0.29) is 31.6 Å². The zero-order valence-corrected chi connectivity index (χ0v) is 41.1. The average molecular weight is 877 g/mol. The van der Waals surface area contributed by atoms with E-state index in [9.17, 15) is 14.4 Å². The van der Waals surface area contributed by atoms with E-state index in [4.69, 9.17) is 14.2 Å². The summed E-state index contributed by atoms with van der Waals surface area (Å²) in [5.74, 6) is -1.02. The van der Waals surface area contributed by atoms with Crippen LogP contribution in [0.2, 0.25) is 0 Å². The summed E-state index contributed by atoms with van der Waals surface area (Å²) in [4.78, 5) is 37.9. The van der Waals surface area contributed by atoms with Crippen molar-refractivity contribution < 1.29 is 28.6 Å². The van der Waals surface area contributed by atoms with Crippen LogP contribution >= 0.6 is 0 Å². The van der Waals surface area contributed by atoms with Gasteiger partial charge in [-0.15, -0.1) is 0 Å². The minimum atomic E-state index is -0.821. The van der Waals surface area contributed by atoms with Crippen molar-refractivity contribution in [3.8, 4) is 0 Å². The molecule has 1 unspecified atom stereocenters. The molecule has 0 fully saturated rings. The van der Waals surface area contributed by atoms with E-state index < -0.39 is 12.1 Å². The normalized spacial score (nSPS) is 12.7. The van der Waals surface area contributed by atoms with Crippen LogP contribution in [-0.2, 0) is 28.6 Å². The first-order valence-corrected chi connectivity index (χ1v) is 26.1. The smallest absolute Gasteiger partial charge is 0.306 e. The van der Waals surface area contributed by atoms with Gasteiger partial charge in [0.05, 0.1) is 0 Å². The first-order valence-electron chi connectivity index (χ1n) is 26.1. The molecule has 0 aliphatic carbocycles. The molecule has 360 valence electrons. The molecule has 6 heteroatoms. The topological polar surface area (TPSA) is 78.9 Å². The zero-order valence-electron chi connectivity index (χ0n) is 41.1. The molecular weight excluding hydrogens is 781 g/mol. The van der Waals surface area contributed by atoms with Crippen molar-refractivity contribution in [3.63, 3.8) is 0 Å². The molecule has 6 nitrogen and oxygen atoms in total. The number of hydrogen-bond acceptors (Lipinski definition) is 6. The van der Waals surface area contributed by atoms with Gasteiger partial charge in [0, 0.05) is 19.3 Å². The molecule has 0 spiro atoms. The van der Waals surface area contributed by atoms with Gasteiger partial charge in [-0.1, -0.05) is 209 Å². The molecule has 0 amide bonds. The molecule has 0 aliphatic rings. The molecular formula is C57H96O6. The zero-order chi connectivity index (χ0) is 45.8. The van der Waals surface area contributed by atoms with Crippen LogP contribution < -0.4 is 0 Å². The van der Waals surface area contributed by atoms with E-state index in [0.717, 1.165) is 89.9 Å². The molecule has 0 aromatic carbocycles. The molecule has 0 aliphatic heterocycles. The Bertz CT molecular complexity index is 1240. The van der Waals surface area contributed by atoms with Gasteiger partial charge in [-0.3, -0.25) is 14.4 Å². The van der Waals surface area contributed by atoms with Crippen LogP contribution in [0.5, 0.6) is 0 Å². The summed E-state index contributed by atoms with van der Waals surface area (Å²) in [6.45, 7) is 6.40. The summed E-state index contributed by atoms with van der Waals surface area (Å²) in [6.07, 6.45) is 65.9. The largest absolute Gasteiger partial charge is 0.462 e. The summed E-state index contributed by atoms with van der Waals surface area (Å²) in [7, 11) is 0. The van der Waals surface area contributed by atoms with Gasteiger partial charge in [0.15, 0.2) is 6.10 Å². The van der Waals surface area contributed by atoms with Crippen molar-refractivity contribution in [2.45, 2.75) is 245 Å². The lowest BCUT2D eigenvalue weighted by Crippen LogP contribution is -2.30. The summed E-state index contributed by atoms with van der Waals surface area (Å²) < 4.78 is 16.7. The van der Waals surface area contributed by atoms with Crippen LogP contribution in [0, 0.1) is 0 Å². The van der Waals surface area contributed by atoms with E-state index in [2.05, 4.69) is 93.7 Å². The molecule has 0 bridgehead atoms. The van der Waals surface area contributed by atoms with Crippen LogP contribution in [0.15, 0.2) is 85.1 Å². The fourth-order valence-electron chi connectivity index (χ4n) is 6.94. The lowest BCUT2D eigenvalue weighted by Gasteiger charge is -2.18. The Morgan fingerprint density at radius 2 is 0.667 bits per heavy atom. The fourth-order valence-corrected chi connectivity index (χ4v) is 6.94. The number of rotatable bonds is 46. The van der Waals surface area contributed by atoms with Crippen LogP contribution in [-0.4, -0.2) is 37.2 Å². The second-order valence-corrected chi connectivity index (χ2v) is 17.0. The van der Waals surface area contributed by atoms with Crippen molar-refractivity contribution >= 4 is 17.9 Å². The molecule has 63 heavy (non-hydrogen) atoms. The van der Waals surface area contributed by atoms with E-state index in [1.165, 1.54) is 103 Å². The van der Waals surface area contributed by atoms with Gasteiger partial charge in [-0.25, -0.2) is 0 Å². The highest BCUT2D eigenvalue weighted by atomic mass is 16.6. The lowest BCUT2D eigenvalue weighted by molar-refractivity contribution is -0.166. The molecule has 0 aromatic rings. The molecule has 0 saturated carbocycles. The Kier molecular flexibility index (Phi) is 48.5. The standard InChI is InChI=1S/C57H96O6/c1-4-7-10-13-16-19-22-24-26-28-29-30-32-33-35-38-41-44-47-50-56(59)62-53-54(52-61-55(58)49-46-43-40-37-21-18-15-12-9-6-3)63-57(60)51-48-45-42-39-36-34-31-27-25-23-20-17-14-11-8-5-2/h8,11,15,17-18,20,25,27-29,34,36,42,45,54H,4-7,9-10,12-14,16,19,21-24,26,30-33,35,37-41,43-44,46-53H2,1-3H3/b11-8-,18-15-,20-17-,27-25-,29-28-,36-34-,45-42-. The van der Waals surface area contributed by atoms with Gasteiger partial charge in [-0.2, -0.15) is 0 Å². The van der Waals surface area contributed by atoms with Crippen LogP contribution in [0.1, 0.15) is 239 Å². The Hall–Kier alpha value is -3.41. The first-order chi connectivity index (χ1) is 31.0. The van der Waals surface area contributed by atoms with Crippen LogP contribution in [0.4, 0.5) is 0 Å². The van der Waals surface area contributed by atoms with Gasteiger partial charge in [-0.05, 0) is 96.3 Å². The number of hydrogen-bond donors (Lipinski definition) is 0. The maximum atomic E-state index is 12.7. The van der Waals surface area contributed by atoms with Crippen molar-refractivity contribution in [2.24, 2.45) is 0 Å². The summed E-state index contributed by atoms with van der Waals surface area (Å²) in [5.41, 5.74) is 0. The maximum absolute atomic E-state index is 12.7. The molecule has 0 radical (unpaired) electrons. The predicted molar refractivity (Wildman–Crippen MR) is 270 cm³/mol. The number of esters is 3. The van der Waals surface area contributed by atoms with Crippen molar-refractivity contribution in [2.75, 3.05) is 13.2 Å². The second kappa shape index (κ2) is 51.2. The Balaban J connectivity index is 4.44. The van der Waals surface area contributed by atoms with Gasteiger partial charge in [0.1, 0.15) is 13.2 Å². The Morgan fingerprint density at radius 1 is 0.333 bits per heavy atom. The summed E-state index contributed by atoms with van der Waals surface area (Å²) >= 11 is 0. The number of unbranched alkanes of at least 4 members (excludes halogenated alkanes) is 21. The Labute approximate surface area is 388 Å². The first kappa shape index (κ1) is 59.6. The predicted octanol–water partition coefficient (Wildman–Crippen LogP) is 17.2. The number of carbonyl (C=O) groups excluding carboxylic acids is 3. The van der Waals surface area contributed by atoms with Gasteiger partial charge in [0.2, 0.25) is 0 Å². The van der Waals surface area contributed by atoms with E-state index in [1.54, 1.807) is 0 Å². The van der Waals surface area contributed by atoms with Crippen LogP contribution in [0.25, 0.3) is 0 Å². The average Bonchev–Trinajstić information content (AvgIpc) is 3.28. The van der Waals surface area contributed by atoms with Crippen LogP contribution in [0.3, 0.4) is 0 Å². The molecule has 0 heterocycles. The lowest BCUT2D eigenvalue weighted by atomic mass is 10.1. The molecule has 0 saturated heterocycles. The van der Waals surface area contributed by atoms with E-state index in [0.29, 0.717) is 19.3 Å². The Morgan fingerprint density at radius 3 is 1.08 bits per heavy atom.